The normalized spacial score (nSPS) is 14.8. The van der Waals surface area contributed by atoms with Gasteiger partial charge < -0.3 is 10.2 Å². The second-order valence-electron chi connectivity index (χ2n) is 8.16. The Bertz CT molecular complexity index is 931. The Balaban J connectivity index is 1.36. The lowest BCUT2D eigenvalue weighted by molar-refractivity contribution is 0.400. The fraction of sp³-hybridized carbons (Fsp3) is 0.360. The molecule has 0 amide bonds. The number of rotatable bonds is 6. The lowest BCUT2D eigenvalue weighted by atomic mass is 9.90. The van der Waals surface area contributed by atoms with E-state index in [-0.39, 0.29) is 0 Å². The van der Waals surface area contributed by atoms with Crippen molar-refractivity contribution in [1.29, 1.82) is 0 Å². The number of aromatic nitrogens is 2. The van der Waals surface area contributed by atoms with Gasteiger partial charge in [0, 0.05) is 31.4 Å². The monoisotopic (exact) mass is 386 g/mol. The molecule has 1 aromatic heterocycles. The summed E-state index contributed by atoms with van der Waals surface area (Å²) in [6.07, 6.45) is 3.56. The molecule has 0 unspecified atom stereocenters. The van der Waals surface area contributed by atoms with Crippen molar-refractivity contribution in [3.05, 3.63) is 83.0 Å². The minimum Gasteiger partial charge on any atom is -0.366 e. The molecular weight excluding hydrogens is 356 g/mol. The van der Waals surface area contributed by atoms with Crippen LogP contribution in [0, 0.1) is 19.8 Å². The standard InChI is InChI=1S/C25H30N4/c1-19-7-6-10-23(15-19)18-26-24-16-20(2)27-25(28-24)29-13-11-22(12-14-29)17-21-8-4-3-5-9-21/h3-10,15-16,22H,11-14,17-18H2,1-2H3,(H,26,27,28). The van der Waals surface area contributed by atoms with E-state index in [1.54, 1.807) is 0 Å². The Morgan fingerprint density at radius 2 is 1.66 bits per heavy atom. The molecule has 0 bridgehead atoms. The highest BCUT2D eigenvalue weighted by atomic mass is 15.3. The fourth-order valence-corrected chi connectivity index (χ4v) is 4.08. The number of nitrogens with zero attached hydrogens (tertiary/aromatic N) is 3. The van der Waals surface area contributed by atoms with Gasteiger partial charge in [0.1, 0.15) is 5.82 Å². The van der Waals surface area contributed by atoms with Gasteiger partial charge in [-0.3, -0.25) is 0 Å². The molecule has 1 N–H and O–H groups in total. The first kappa shape index (κ1) is 19.4. The van der Waals surface area contributed by atoms with E-state index in [0.717, 1.165) is 43.0 Å². The summed E-state index contributed by atoms with van der Waals surface area (Å²) in [4.78, 5) is 11.9. The molecule has 2 aromatic carbocycles. The highest BCUT2D eigenvalue weighted by Gasteiger charge is 2.21. The Morgan fingerprint density at radius 3 is 2.41 bits per heavy atom. The van der Waals surface area contributed by atoms with Crippen LogP contribution in [0.4, 0.5) is 11.8 Å². The lowest BCUT2D eigenvalue weighted by Gasteiger charge is -2.32. The van der Waals surface area contributed by atoms with Gasteiger partial charge in [-0.2, -0.15) is 4.98 Å². The molecule has 1 saturated heterocycles. The number of hydrogen-bond donors (Lipinski definition) is 1. The van der Waals surface area contributed by atoms with E-state index in [1.165, 1.54) is 36.0 Å². The van der Waals surface area contributed by atoms with Crippen molar-refractivity contribution in [2.75, 3.05) is 23.3 Å². The quantitative estimate of drug-likeness (QED) is 0.635. The Morgan fingerprint density at radius 1 is 0.897 bits per heavy atom. The predicted octanol–water partition coefficient (Wildman–Crippen LogP) is 5.16. The van der Waals surface area contributed by atoms with Gasteiger partial charge >= 0.3 is 0 Å². The van der Waals surface area contributed by atoms with Gasteiger partial charge in [0.2, 0.25) is 5.95 Å². The van der Waals surface area contributed by atoms with Crippen LogP contribution < -0.4 is 10.2 Å². The van der Waals surface area contributed by atoms with Crippen molar-refractivity contribution in [1.82, 2.24) is 9.97 Å². The van der Waals surface area contributed by atoms with E-state index in [2.05, 4.69) is 71.7 Å². The van der Waals surface area contributed by atoms with Crippen LogP contribution in [0.25, 0.3) is 0 Å². The van der Waals surface area contributed by atoms with Crippen LogP contribution in [0.3, 0.4) is 0 Å². The van der Waals surface area contributed by atoms with Crippen LogP contribution in [0.2, 0.25) is 0 Å². The maximum atomic E-state index is 4.81. The molecule has 0 aliphatic carbocycles. The average molecular weight is 387 g/mol. The third-order valence-electron chi connectivity index (χ3n) is 5.66. The van der Waals surface area contributed by atoms with Crippen LogP contribution in [-0.2, 0) is 13.0 Å². The van der Waals surface area contributed by atoms with Gasteiger partial charge in [-0.15, -0.1) is 0 Å². The van der Waals surface area contributed by atoms with Gasteiger partial charge in [-0.1, -0.05) is 60.2 Å². The number of hydrogen-bond acceptors (Lipinski definition) is 4. The van der Waals surface area contributed by atoms with E-state index in [1.807, 2.05) is 13.0 Å². The van der Waals surface area contributed by atoms with E-state index in [9.17, 15) is 0 Å². The van der Waals surface area contributed by atoms with Crippen molar-refractivity contribution >= 4 is 11.8 Å². The van der Waals surface area contributed by atoms with Gasteiger partial charge in [0.15, 0.2) is 0 Å². The van der Waals surface area contributed by atoms with E-state index in [4.69, 9.17) is 9.97 Å². The summed E-state index contributed by atoms with van der Waals surface area (Å²) >= 11 is 0. The molecule has 1 fully saturated rings. The summed E-state index contributed by atoms with van der Waals surface area (Å²) in [5.74, 6) is 2.51. The third-order valence-corrected chi connectivity index (χ3v) is 5.66. The molecule has 3 aromatic rings. The molecule has 1 aliphatic rings. The largest absolute Gasteiger partial charge is 0.366 e. The first-order chi connectivity index (χ1) is 14.2. The zero-order chi connectivity index (χ0) is 20.1. The summed E-state index contributed by atoms with van der Waals surface area (Å²) in [7, 11) is 0. The summed E-state index contributed by atoms with van der Waals surface area (Å²) in [6.45, 7) is 7.00. The molecule has 1 aliphatic heterocycles. The van der Waals surface area contributed by atoms with E-state index >= 15 is 0 Å². The minimum atomic E-state index is 0.748. The second kappa shape index (κ2) is 9.08. The number of nitrogens with one attached hydrogen (secondary N) is 1. The molecule has 2 heterocycles. The fourth-order valence-electron chi connectivity index (χ4n) is 4.08. The molecule has 0 atom stereocenters. The number of aryl methyl sites for hydroxylation is 2. The first-order valence-corrected chi connectivity index (χ1v) is 10.6. The Hall–Kier alpha value is -2.88. The summed E-state index contributed by atoms with van der Waals surface area (Å²) in [5, 5.41) is 3.47. The second-order valence-corrected chi connectivity index (χ2v) is 8.16. The average Bonchev–Trinajstić information content (AvgIpc) is 2.73. The van der Waals surface area contributed by atoms with Crippen molar-refractivity contribution in [3.8, 4) is 0 Å². The maximum Gasteiger partial charge on any atom is 0.227 e. The minimum absolute atomic E-state index is 0.748. The third kappa shape index (κ3) is 5.35. The molecule has 0 radical (unpaired) electrons. The van der Waals surface area contributed by atoms with Crippen molar-refractivity contribution in [3.63, 3.8) is 0 Å². The highest BCUT2D eigenvalue weighted by molar-refractivity contribution is 5.44. The van der Waals surface area contributed by atoms with Crippen molar-refractivity contribution in [2.24, 2.45) is 5.92 Å². The van der Waals surface area contributed by atoms with Crippen LogP contribution in [0.15, 0.2) is 60.7 Å². The molecule has 0 saturated carbocycles. The number of anilines is 2. The molecule has 0 spiro atoms. The maximum absolute atomic E-state index is 4.81. The Labute approximate surface area is 174 Å². The summed E-state index contributed by atoms with van der Waals surface area (Å²) in [6, 6.07) is 21.4. The molecule has 29 heavy (non-hydrogen) atoms. The topological polar surface area (TPSA) is 41.1 Å². The first-order valence-electron chi connectivity index (χ1n) is 10.6. The van der Waals surface area contributed by atoms with E-state index in [0.29, 0.717) is 0 Å². The van der Waals surface area contributed by atoms with Crippen LogP contribution in [0.5, 0.6) is 0 Å². The molecule has 4 rings (SSSR count). The van der Waals surface area contributed by atoms with Gasteiger partial charge in [-0.25, -0.2) is 4.98 Å². The molecule has 4 heteroatoms. The van der Waals surface area contributed by atoms with Crippen LogP contribution in [-0.4, -0.2) is 23.1 Å². The molecule has 150 valence electrons. The molecular formula is C25H30N4. The van der Waals surface area contributed by atoms with Gasteiger partial charge in [0.25, 0.3) is 0 Å². The van der Waals surface area contributed by atoms with Crippen LogP contribution >= 0.6 is 0 Å². The smallest absolute Gasteiger partial charge is 0.227 e. The zero-order valence-corrected chi connectivity index (χ0v) is 17.4. The number of piperidine rings is 1. The summed E-state index contributed by atoms with van der Waals surface area (Å²) in [5.41, 5.74) is 5.00. The van der Waals surface area contributed by atoms with Crippen LogP contribution in [0.1, 0.15) is 35.2 Å². The molecule has 4 nitrogen and oxygen atoms in total. The van der Waals surface area contributed by atoms with Crippen molar-refractivity contribution < 1.29 is 0 Å². The SMILES string of the molecule is Cc1cccc(CNc2cc(C)nc(N3CCC(Cc4ccccc4)CC3)n2)c1. The number of benzene rings is 2. The van der Waals surface area contributed by atoms with Gasteiger partial charge in [0.05, 0.1) is 0 Å². The van der Waals surface area contributed by atoms with Crippen molar-refractivity contribution in [2.45, 2.75) is 39.7 Å². The lowest BCUT2D eigenvalue weighted by Crippen LogP contribution is -2.35. The summed E-state index contributed by atoms with van der Waals surface area (Å²) < 4.78 is 0. The highest BCUT2D eigenvalue weighted by Crippen LogP contribution is 2.25. The Kier molecular flexibility index (Phi) is 6.09. The zero-order valence-electron chi connectivity index (χ0n) is 17.4. The van der Waals surface area contributed by atoms with E-state index < -0.39 is 0 Å². The van der Waals surface area contributed by atoms with Gasteiger partial charge in [-0.05, 0) is 50.2 Å². The predicted molar refractivity (Wildman–Crippen MR) is 120 cm³/mol.